The quantitative estimate of drug-likeness (QED) is 0.669. The zero-order valence-electron chi connectivity index (χ0n) is 17.0. The molecule has 2 rings (SSSR count). The first-order chi connectivity index (χ1) is 13.8. The number of benzene rings is 2. The Kier molecular flexibility index (Phi) is 7.77. The Morgan fingerprint density at radius 2 is 1.66 bits per heavy atom. The van der Waals surface area contributed by atoms with Crippen LogP contribution in [0, 0.1) is 13.8 Å². The van der Waals surface area contributed by atoms with Crippen LogP contribution in [0.4, 0.5) is 4.79 Å². The first kappa shape index (κ1) is 21.9. The molecule has 0 saturated heterocycles. The van der Waals surface area contributed by atoms with Crippen molar-refractivity contribution >= 4 is 17.9 Å². The average molecular weight is 397 g/mol. The van der Waals surface area contributed by atoms with Crippen molar-refractivity contribution in [2.24, 2.45) is 5.73 Å². The van der Waals surface area contributed by atoms with E-state index in [1.54, 1.807) is 0 Å². The van der Waals surface area contributed by atoms with Crippen molar-refractivity contribution in [1.29, 1.82) is 0 Å². The van der Waals surface area contributed by atoms with Gasteiger partial charge in [0.05, 0.1) is 19.6 Å². The second-order valence-corrected chi connectivity index (χ2v) is 6.87. The van der Waals surface area contributed by atoms with Gasteiger partial charge in [-0.2, -0.15) is 0 Å². The number of primary amides is 1. The van der Waals surface area contributed by atoms with Crippen LogP contribution in [-0.4, -0.2) is 36.5 Å². The van der Waals surface area contributed by atoms with Crippen LogP contribution in [-0.2, 0) is 20.9 Å². The fourth-order valence-corrected chi connectivity index (χ4v) is 3.14. The maximum absolute atomic E-state index is 13.1. The molecule has 7 nitrogen and oxygen atoms in total. The molecule has 0 saturated carbocycles. The molecule has 0 spiro atoms. The molecule has 0 aliphatic carbocycles. The van der Waals surface area contributed by atoms with Gasteiger partial charge in [-0.25, -0.2) is 4.79 Å². The largest absolute Gasteiger partial charge is 0.468 e. The Balaban J connectivity index is 2.27. The van der Waals surface area contributed by atoms with Gasteiger partial charge in [-0.05, 0) is 36.1 Å². The van der Waals surface area contributed by atoms with E-state index in [9.17, 15) is 14.4 Å². The first-order valence-corrected chi connectivity index (χ1v) is 9.32. The molecule has 0 radical (unpaired) electrons. The molecule has 1 unspecified atom stereocenters. The Morgan fingerprint density at radius 1 is 1.03 bits per heavy atom. The zero-order chi connectivity index (χ0) is 21.4. The van der Waals surface area contributed by atoms with Gasteiger partial charge in [0.1, 0.15) is 6.54 Å². The number of nitrogens with zero attached hydrogens (tertiary/aromatic N) is 1. The lowest BCUT2D eigenvalue weighted by Gasteiger charge is -2.26. The predicted molar refractivity (Wildman–Crippen MR) is 110 cm³/mol. The minimum atomic E-state index is -0.718. The second kappa shape index (κ2) is 10.3. The number of esters is 1. The number of aryl methyl sites for hydroxylation is 2. The molecule has 7 heteroatoms. The summed E-state index contributed by atoms with van der Waals surface area (Å²) >= 11 is 0. The number of hydrogen-bond acceptors (Lipinski definition) is 4. The van der Waals surface area contributed by atoms with E-state index in [4.69, 9.17) is 10.5 Å². The van der Waals surface area contributed by atoms with Crippen LogP contribution >= 0.6 is 0 Å². The van der Waals surface area contributed by atoms with E-state index in [2.05, 4.69) is 5.32 Å². The number of carbonyl (C=O) groups is 3. The van der Waals surface area contributed by atoms with Crippen molar-refractivity contribution < 1.29 is 19.1 Å². The van der Waals surface area contributed by atoms with Gasteiger partial charge in [0.25, 0.3) is 0 Å². The topological polar surface area (TPSA) is 102 Å². The van der Waals surface area contributed by atoms with E-state index in [-0.39, 0.29) is 25.4 Å². The summed E-state index contributed by atoms with van der Waals surface area (Å²) in [5, 5.41) is 2.64. The van der Waals surface area contributed by atoms with E-state index in [0.717, 1.165) is 22.3 Å². The molecule has 3 amide bonds. The molecule has 2 aromatic rings. The summed E-state index contributed by atoms with van der Waals surface area (Å²) in [6.07, 6.45) is -0.0311. The summed E-state index contributed by atoms with van der Waals surface area (Å²) in [5.74, 6) is -0.803. The van der Waals surface area contributed by atoms with Crippen molar-refractivity contribution in [3.8, 4) is 0 Å². The zero-order valence-corrected chi connectivity index (χ0v) is 17.0. The Bertz CT molecular complexity index is 882. The smallest absolute Gasteiger partial charge is 0.325 e. The minimum absolute atomic E-state index is 0.0311. The summed E-state index contributed by atoms with van der Waals surface area (Å²) < 4.78 is 4.75. The lowest BCUT2D eigenvalue weighted by molar-refractivity contribution is -0.147. The lowest BCUT2D eigenvalue weighted by Crippen LogP contribution is -2.40. The number of nitrogens with one attached hydrogen (secondary N) is 1. The lowest BCUT2D eigenvalue weighted by atomic mass is 9.98. The van der Waals surface area contributed by atoms with Gasteiger partial charge in [0.2, 0.25) is 5.91 Å². The monoisotopic (exact) mass is 397 g/mol. The van der Waals surface area contributed by atoms with Gasteiger partial charge >= 0.3 is 12.0 Å². The van der Waals surface area contributed by atoms with Gasteiger partial charge in [-0.15, -0.1) is 0 Å². The molecule has 0 aromatic heterocycles. The normalized spacial score (nSPS) is 11.4. The molecule has 3 N–H and O–H groups in total. The number of methoxy groups -OCH3 is 1. The van der Waals surface area contributed by atoms with Crippen LogP contribution in [0.15, 0.2) is 48.5 Å². The third kappa shape index (κ3) is 6.34. The molecule has 154 valence electrons. The standard InChI is InChI=1S/C22H27N3O4/c1-15-8-4-6-10-17(15)13-25(14-21(27)29-3)20(26)12-19(24-22(23)28)18-11-7-5-9-16(18)2/h4-11,19H,12-14H2,1-3H3,(H3,23,24,28). The van der Waals surface area contributed by atoms with Crippen LogP contribution in [0.25, 0.3) is 0 Å². The molecule has 0 heterocycles. The molecular formula is C22H27N3O4. The maximum Gasteiger partial charge on any atom is 0.325 e. The van der Waals surface area contributed by atoms with Gasteiger partial charge < -0.3 is 20.7 Å². The molecule has 2 aromatic carbocycles. The van der Waals surface area contributed by atoms with Crippen LogP contribution < -0.4 is 11.1 Å². The number of nitrogens with two attached hydrogens (primary N) is 1. The third-order valence-electron chi connectivity index (χ3n) is 4.78. The van der Waals surface area contributed by atoms with E-state index in [0.29, 0.717) is 0 Å². The Hall–Kier alpha value is -3.35. The molecular weight excluding hydrogens is 370 g/mol. The van der Waals surface area contributed by atoms with Crippen molar-refractivity contribution in [3.63, 3.8) is 0 Å². The number of ether oxygens (including phenoxy) is 1. The highest BCUT2D eigenvalue weighted by Gasteiger charge is 2.25. The van der Waals surface area contributed by atoms with Crippen LogP contribution in [0.2, 0.25) is 0 Å². The summed E-state index contributed by atoms with van der Waals surface area (Å²) in [7, 11) is 1.28. The SMILES string of the molecule is COC(=O)CN(Cc1ccccc1C)C(=O)CC(NC(N)=O)c1ccccc1C. The van der Waals surface area contributed by atoms with Crippen molar-refractivity contribution in [1.82, 2.24) is 10.2 Å². The number of amides is 3. The van der Waals surface area contributed by atoms with E-state index < -0.39 is 18.0 Å². The molecule has 0 aliphatic rings. The maximum atomic E-state index is 13.1. The van der Waals surface area contributed by atoms with Crippen molar-refractivity contribution in [3.05, 3.63) is 70.8 Å². The van der Waals surface area contributed by atoms with E-state index in [1.165, 1.54) is 12.0 Å². The molecule has 0 bridgehead atoms. The van der Waals surface area contributed by atoms with E-state index >= 15 is 0 Å². The predicted octanol–water partition coefficient (Wildman–Crippen LogP) is 2.60. The molecule has 1 atom stereocenters. The minimum Gasteiger partial charge on any atom is -0.468 e. The van der Waals surface area contributed by atoms with Crippen molar-refractivity contribution in [2.45, 2.75) is 32.9 Å². The van der Waals surface area contributed by atoms with Crippen LogP contribution in [0.5, 0.6) is 0 Å². The molecule has 0 fully saturated rings. The summed E-state index contributed by atoms with van der Waals surface area (Å²) in [6, 6.07) is 13.8. The summed E-state index contributed by atoms with van der Waals surface area (Å²) in [4.78, 5) is 37.9. The fourth-order valence-electron chi connectivity index (χ4n) is 3.14. The van der Waals surface area contributed by atoms with Crippen LogP contribution in [0.1, 0.15) is 34.7 Å². The Morgan fingerprint density at radius 3 is 2.24 bits per heavy atom. The van der Waals surface area contributed by atoms with Gasteiger partial charge in [0.15, 0.2) is 0 Å². The van der Waals surface area contributed by atoms with Gasteiger partial charge in [-0.3, -0.25) is 9.59 Å². The highest BCUT2D eigenvalue weighted by atomic mass is 16.5. The summed E-state index contributed by atoms with van der Waals surface area (Å²) in [6.45, 7) is 3.92. The van der Waals surface area contributed by atoms with E-state index in [1.807, 2.05) is 62.4 Å². The summed E-state index contributed by atoms with van der Waals surface area (Å²) in [5.41, 5.74) is 9.00. The molecule has 0 aliphatic heterocycles. The number of carbonyl (C=O) groups excluding carboxylic acids is 3. The second-order valence-electron chi connectivity index (χ2n) is 6.87. The number of hydrogen-bond donors (Lipinski definition) is 2. The number of rotatable bonds is 8. The first-order valence-electron chi connectivity index (χ1n) is 9.32. The third-order valence-corrected chi connectivity index (χ3v) is 4.78. The highest BCUT2D eigenvalue weighted by Crippen LogP contribution is 2.22. The highest BCUT2D eigenvalue weighted by molar-refractivity contribution is 5.83. The van der Waals surface area contributed by atoms with Gasteiger partial charge in [0, 0.05) is 6.54 Å². The average Bonchev–Trinajstić information content (AvgIpc) is 2.68. The molecule has 29 heavy (non-hydrogen) atoms. The van der Waals surface area contributed by atoms with Crippen LogP contribution in [0.3, 0.4) is 0 Å². The number of urea groups is 1. The van der Waals surface area contributed by atoms with Gasteiger partial charge in [-0.1, -0.05) is 48.5 Å². The Labute approximate surface area is 170 Å². The van der Waals surface area contributed by atoms with Crippen molar-refractivity contribution in [2.75, 3.05) is 13.7 Å². The fraction of sp³-hybridized carbons (Fsp3) is 0.318.